The first-order chi connectivity index (χ1) is 10.2. The van der Waals surface area contributed by atoms with Gasteiger partial charge in [-0.15, -0.1) is 6.58 Å². The lowest BCUT2D eigenvalue weighted by atomic mass is 9.86. The maximum absolute atomic E-state index is 9.20. The van der Waals surface area contributed by atoms with Gasteiger partial charge in [0.05, 0.1) is 0 Å². The van der Waals surface area contributed by atoms with Gasteiger partial charge < -0.3 is 10.3 Å². The summed E-state index contributed by atoms with van der Waals surface area (Å²) in [6, 6.07) is 0. The zero-order valence-corrected chi connectivity index (χ0v) is 13.0. The molecule has 1 aliphatic rings. The van der Waals surface area contributed by atoms with E-state index in [0.717, 1.165) is 24.0 Å². The first kappa shape index (κ1) is 17.1. The van der Waals surface area contributed by atoms with E-state index in [1.165, 1.54) is 5.57 Å². The van der Waals surface area contributed by atoms with Gasteiger partial charge in [-0.2, -0.15) is 0 Å². The fraction of sp³-hybridized carbons (Fsp3) is 0.222. The van der Waals surface area contributed by atoms with Gasteiger partial charge in [-0.25, -0.2) is 0 Å². The van der Waals surface area contributed by atoms with Gasteiger partial charge in [0.1, 0.15) is 0 Å². The van der Waals surface area contributed by atoms with Crippen molar-refractivity contribution in [3.8, 4) is 0 Å². The van der Waals surface area contributed by atoms with E-state index in [2.05, 4.69) is 42.3 Å². The summed E-state index contributed by atoms with van der Waals surface area (Å²) < 4.78 is 0. The van der Waals surface area contributed by atoms with Crippen molar-refractivity contribution in [3.05, 3.63) is 83.6 Å². The lowest BCUT2D eigenvalue weighted by molar-refractivity contribution is 0.612. The fourth-order valence-electron chi connectivity index (χ4n) is 2.01. The molecule has 0 unspecified atom stereocenters. The monoisotopic (exact) mass is 281 g/mol. The first-order valence-corrected chi connectivity index (χ1v) is 7.26. The normalized spacial score (nSPS) is 16.4. The molecule has 21 heavy (non-hydrogen) atoms. The molecule has 0 aliphatic heterocycles. The van der Waals surface area contributed by atoms with Crippen LogP contribution in [0.2, 0.25) is 0 Å². The Hall–Kier alpha value is -2.00. The van der Waals surface area contributed by atoms with Crippen LogP contribution in [0.1, 0.15) is 19.8 Å². The summed E-state index contributed by atoms with van der Waals surface area (Å²) in [5, 5.41) is 12.3. The highest BCUT2D eigenvalue weighted by molar-refractivity contribution is 6.37. The Balaban J connectivity index is 3.07. The van der Waals surface area contributed by atoms with E-state index in [1.54, 1.807) is 0 Å². The van der Waals surface area contributed by atoms with Gasteiger partial charge in [0.15, 0.2) is 0 Å². The SMILES string of the molecule is C=C(BO)C=C(/C=C/C1=CC=CCC1)C(/C=C\C)=C/NC. The van der Waals surface area contributed by atoms with Crippen molar-refractivity contribution < 1.29 is 5.02 Å². The molecule has 0 radical (unpaired) electrons. The zero-order valence-electron chi connectivity index (χ0n) is 13.0. The van der Waals surface area contributed by atoms with Crippen LogP contribution in [-0.4, -0.2) is 19.6 Å². The predicted molar refractivity (Wildman–Crippen MR) is 94.1 cm³/mol. The van der Waals surface area contributed by atoms with Crippen LogP contribution in [0, 0.1) is 0 Å². The molecule has 0 amide bonds. The molecule has 0 spiro atoms. The number of allylic oxidation sites excluding steroid dienone is 12. The van der Waals surface area contributed by atoms with Crippen LogP contribution in [0.4, 0.5) is 0 Å². The molecular weight excluding hydrogens is 257 g/mol. The van der Waals surface area contributed by atoms with Gasteiger partial charge in [0.2, 0.25) is 0 Å². The molecular formula is C18H24BNO. The molecule has 0 bridgehead atoms. The van der Waals surface area contributed by atoms with Crippen molar-refractivity contribution in [3.63, 3.8) is 0 Å². The second kappa shape index (κ2) is 9.84. The summed E-state index contributed by atoms with van der Waals surface area (Å²) in [6.45, 7) is 5.84. The van der Waals surface area contributed by atoms with Gasteiger partial charge in [-0.05, 0) is 36.5 Å². The third-order valence-electron chi connectivity index (χ3n) is 3.07. The van der Waals surface area contributed by atoms with Crippen LogP contribution >= 0.6 is 0 Å². The number of hydrogen-bond donors (Lipinski definition) is 2. The van der Waals surface area contributed by atoms with Crippen molar-refractivity contribution in [1.29, 1.82) is 0 Å². The first-order valence-electron chi connectivity index (χ1n) is 7.26. The maximum atomic E-state index is 9.20. The van der Waals surface area contributed by atoms with E-state index in [4.69, 9.17) is 0 Å². The summed E-state index contributed by atoms with van der Waals surface area (Å²) in [5.41, 5.74) is 4.08. The third kappa shape index (κ3) is 6.32. The zero-order chi connectivity index (χ0) is 15.5. The highest BCUT2D eigenvalue weighted by atomic mass is 16.2. The van der Waals surface area contributed by atoms with E-state index in [0.29, 0.717) is 5.47 Å². The quantitative estimate of drug-likeness (QED) is 0.554. The minimum atomic E-state index is -0.0363. The van der Waals surface area contributed by atoms with Crippen LogP contribution in [0.5, 0.6) is 0 Å². The van der Waals surface area contributed by atoms with Crippen molar-refractivity contribution in [1.82, 2.24) is 5.32 Å². The Morgan fingerprint density at radius 1 is 1.38 bits per heavy atom. The summed E-state index contributed by atoms with van der Waals surface area (Å²) in [5.74, 6) is 0. The Kier molecular flexibility index (Phi) is 7.99. The molecule has 2 nitrogen and oxygen atoms in total. The van der Waals surface area contributed by atoms with E-state index in [-0.39, 0.29) is 7.48 Å². The molecule has 0 aromatic rings. The fourth-order valence-corrected chi connectivity index (χ4v) is 2.01. The van der Waals surface area contributed by atoms with Crippen LogP contribution < -0.4 is 5.32 Å². The predicted octanol–water partition coefficient (Wildman–Crippen LogP) is 3.28. The molecule has 0 atom stereocenters. The Morgan fingerprint density at radius 3 is 2.76 bits per heavy atom. The maximum Gasteiger partial charge on any atom is 0.304 e. The molecule has 0 saturated heterocycles. The molecule has 1 aliphatic carbocycles. The molecule has 0 saturated carbocycles. The van der Waals surface area contributed by atoms with Crippen molar-refractivity contribution in [2.24, 2.45) is 0 Å². The second-order valence-electron chi connectivity index (χ2n) is 4.85. The average Bonchev–Trinajstić information content (AvgIpc) is 2.52. The summed E-state index contributed by atoms with van der Waals surface area (Å²) in [7, 11) is 1.84. The number of nitrogens with one attached hydrogen (secondary N) is 1. The number of hydrogen-bond acceptors (Lipinski definition) is 2. The minimum absolute atomic E-state index is 0.0363. The van der Waals surface area contributed by atoms with E-state index in [9.17, 15) is 5.02 Å². The summed E-state index contributed by atoms with van der Waals surface area (Å²) >= 11 is 0. The molecule has 110 valence electrons. The largest absolute Gasteiger partial charge is 0.449 e. The molecule has 1 rings (SSSR count). The number of rotatable bonds is 7. The van der Waals surface area contributed by atoms with Gasteiger partial charge >= 0.3 is 7.48 Å². The Labute approximate surface area is 128 Å². The minimum Gasteiger partial charge on any atom is -0.449 e. The lowest BCUT2D eigenvalue weighted by Gasteiger charge is -2.07. The van der Waals surface area contributed by atoms with Crippen LogP contribution in [0.3, 0.4) is 0 Å². The molecule has 0 aromatic heterocycles. The molecule has 0 heterocycles. The van der Waals surface area contributed by atoms with Crippen LogP contribution in [-0.2, 0) is 0 Å². The van der Waals surface area contributed by atoms with Gasteiger partial charge in [0.25, 0.3) is 0 Å². The van der Waals surface area contributed by atoms with E-state index < -0.39 is 0 Å². The smallest absolute Gasteiger partial charge is 0.304 e. The van der Waals surface area contributed by atoms with E-state index in [1.807, 2.05) is 38.4 Å². The molecule has 0 fully saturated rings. The van der Waals surface area contributed by atoms with Crippen molar-refractivity contribution in [2.45, 2.75) is 19.8 Å². The second-order valence-corrected chi connectivity index (χ2v) is 4.85. The summed E-state index contributed by atoms with van der Waals surface area (Å²) in [4.78, 5) is 0. The Morgan fingerprint density at radius 2 is 2.19 bits per heavy atom. The Bertz CT molecular complexity index is 533. The standard InChI is InChI=1S/C18H24BNO/c1-4-8-18(14-20-3)17(13-15(2)19-21)12-11-16-9-6-5-7-10-16/h4-6,8-9,11-14,19-21H,2,7,10H2,1,3H3/b8-4-,12-11+,17-13?,18-14+. The lowest BCUT2D eigenvalue weighted by Crippen LogP contribution is -1.98. The molecule has 2 N–H and O–H groups in total. The van der Waals surface area contributed by atoms with Crippen LogP contribution in [0.25, 0.3) is 0 Å². The van der Waals surface area contributed by atoms with Gasteiger partial charge in [-0.3, -0.25) is 0 Å². The van der Waals surface area contributed by atoms with Gasteiger partial charge in [-0.1, -0.05) is 54.1 Å². The van der Waals surface area contributed by atoms with Crippen LogP contribution in [0.15, 0.2) is 83.6 Å². The van der Waals surface area contributed by atoms with Crippen molar-refractivity contribution >= 4 is 7.48 Å². The average molecular weight is 281 g/mol. The summed E-state index contributed by atoms with van der Waals surface area (Å²) in [6.07, 6.45) is 20.7. The van der Waals surface area contributed by atoms with E-state index >= 15 is 0 Å². The highest BCUT2D eigenvalue weighted by Gasteiger charge is 2.02. The molecule has 3 heteroatoms. The third-order valence-corrected chi connectivity index (χ3v) is 3.07. The highest BCUT2D eigenvalue weighted by Crippen LogP contribution is 2.19. The molecule has 0 aromatic carbocycles. The van der Waals surface area contributed by atoms with Gasteiger partial charge in [0, 0.05) is 13.2 Å². The van der Waals surface area contributed by atoms with Crippen molar-refractivity contribution in [2.75, 3.05) is 7.05 Å². The topological polar surface area (TPSA) is 32.3 Å².